The fraction of sp³-hybridized carbons (Fsp3) is 0.500. The fourth-order valence-electron chi connectivity index (χ4n) is 4.10. The molecule has 1 saturated carbocycles. The molecule has 0 bridgehead atoms. The van der Waals surface area contributed by atoms with Crippen molar-refractivity contribution in [3.05, 3.63) is 35.0 Å². The Labute approximate surface area is 182 Å². The summed E-state index contributed by atoms with van der Waals surface area (Å²) in [5.74, 6) is 2.65. The molecule has 0 radical (unpaired) electrons. The van der Waals surface area contributed by atoms with Gasteiger partial charge < -0.3 is 15.3 Å². The summed E-state index contributed by atoms with van der Waals surface area (Å²) >= 11 is 5.89. The van der Waals surface area contributed by atoms with Gasteiger partial charge in [0.1, 0.15) is 0 Å². The second-order valence-corrected chi connectivity index (χ2v) is 9.94. The van der Waals surface area contributed by atoms with Crippen LogP contribution in [0, 0.1) is 0 Å². The third kappa shape index (κ3) is 3.59. The second-order valence-electron chi connectivity index (χ2n) is 8.01. The Morgan fingerprint density at radius 3 is 2.67 bits per heavy atom. The molecule has 158 valence electrons. The minimum absolute atomic E-state index is 0.0479. The van der Waals surface area contributed by atoms with Gasteiger partial charge >= 0.3 is 0 Å². The van der Waals surface area contributed by atoms with Gasteiger partial charge in [0.2, 0.25) is 0 Å². The van der Waals surface area contributed by atoms with Crippen molar-refractivity contribution < 1.29 is 9.32 Å². The van der Waals surface area contributed by atoms with E-state index < -0.39 is 10.8 Å². The zero-order valence-corrected chi connectivity index (χ0v) is 18.0. The summed E-state index contributed by atoms with van der Waals surface area (Å²) in [5.41, 5.74) is 1.54. The van der Waals surface area contributed by atoms with Gasteiger partial charge in [-0.15, -0.1) is 0 Å². The molecule has 1 atom stereocenters. The van der Waals surface area contributed by atoms with Crippen LogP contribution in [0.4, 0.5) is 11.6 Å². The Morgan fingerprint density at radius 2 is 2.03 bits per heavy atom. The first kappa shape index (κ1) is 19.8. The van der Waals surface area contributed by atoms with Crippen LogP contribution in [-0.4, -0.2) is 60.2 Å². The van der Waals surface area contributed by atoms with E-state index in [4.69, 9.17) is 21.6 Å². The Balaban J connectivity index is 1.45. The Kier molecular flexibility index (Phi) is 5.20. The topological polar surface area (TPSA) is 104 Å². The van der Waals surface area contributed by atoms with Gasteiger partial charge in [-0.1, -0.05) is 17.7 Å². The largest absolute Gasteiger partial charge is 0.394 e. The molecule has 30 heavy (non-hydrogen) atoms. The molecule has 2 aliphatic heterocycles. The van der Waals surface area contributed by atoms with E-state index in [1.807, 2.05) is 0 Å². The normalized spacial score (nSPS) is 22.3. The van der Waals surface area contributed by atoms with Crippen LogP contribution in [0.1, 0.15) is 37.2 Å². The summed E-state index contributed by atoms with van der Waals surface area (Å²) in [4.78, 5) is 20.4. The Bertz CT molecular complexity index is 1020. The maximum atomic E-state index is 12.3. The monoisotopic (exact) mass is 446 g/mol. The lowest BCUT2D eigenvalue weighted by Crippen LogP contribution is -2.49. The fourth-order valence-corrected chi connectivity index (χ4v) is 5.37. The van der Waals surface area contributed by atoms with Gasteiger partial charge in [0, 0.05) is 37.7 Å². The number of fused-ring (bicyclic) bond motifs is 1. The molecule has 1 aliphatic carbocycles. The molecule has 4 heterocycles. The van der Waals surface area contributed by atoms with Gasteiger partial charge in [0.05, 0.1) is 33.7 Å². The molecule has 1 fully saturated rings. The Hall–Kier alpha value is -2.10. The van der Waals surface area contributed by atoms with Gasteiger partial charge in [-0.2, -0.15) is 0 Å². The number of hydrogen-bond acceptors (Lipinski definition) is 8. The smallest absolute Gasteiger partial charge is 0.172 e. The number of anilines is 2. The molecule has 0 saturated heterocycles. The summed E-state index contributed by atoms with van der Waals surface area (Å²) < 4.78 is 12.3. The lowest BCUT2D eigenvalue weighted by Gasteiger charge is -2.42. The first-order valence-corrected chi connectivity index (χ1v) is 11.9. The van der Waals surface area contributed by atoms with Gasteiger partial charge in [-0.05, 0) is 31.3 Å². The molecule has 8 nitrogen and oxygen atoms in total. The SMILES string of the molecule is O=S1CCc2nc(N3CC=C(c4ncc(Cl)cn4)CC3)c(NC3(CO)CCC3)nc21. The van der Waals surface area contributed by atoms with E-state index in [0.717, 1.165) is 49.3 Å². The zero-order valence-electron chi connectivity index (χ0n) is 16.5. The van der Waals surface area contributed by atoms with Gasteiger partial charge in [-0.25, -0.2) is 19.9 Å². The van der Waals surface area contributed by atoms with E-state index in [0.29, 0.717) is 40.4 Å². The van der Waals surface area contributed by atoms with E-state index in [2.05, 4.69) is 26.3 Å². The molecule has 2 aromatic rings. The van der Waals surface area contributed by atoms with Crippen LogP contribution >= 0.6 is 11.6 Å². The van der Waals surface area contributed by atoms with Gasteiger partial charge in [0.25, 0.3) is 0 Å². The number of hydrogen-bond donors (Lipinski definition) is 2. The Morgan fingerprint density at radius 1 is 1.23 bits per heavy atom. The highest BCUT2D eigenvalue weighted by Gasteiger charge is 2.38. The van der Waals surface area contributed by atoms with E-state index >= 15 is 0 Å². The molecule has 0 spiro atoms. The molecule has 0 aromatic carbocycles. The number of aliphatic hydroxyl groups is 1. The predicted octanol–water partition coefficient (Wildman–Crippen LogP) is 2.20. The predicted molar refractivity (Wildman–Crippen MR) is 116 cm³/mol. The average Bonchev–Trinajstić information content (AvgIpc) is 3.11. The van der Waals surface area contributed by atoms with E-state index in [9.17, 15) is 9.32 Å². The minimum Gasteiger partial charge on any atom is -0.394 e. The molecule has 3 aliphatic rings. The van der Waals surface area contributed by atoms with E-state index in [1.165, 1.54) is 0 Å². The number of aliphatic hydroxyl groups excluding tert-OH is 1. The average molecular weight is 447 g/mol. The van der Waals surface area contributed by atoms with E-state index in [1.54, 1.807) is 12.4 Å². The van der Waals surface area contributed by atoms with Crippen LogP contribution in [-0.2, 0) is 17.2 Å². The van der Waals surface area contributed by atoms with Gasteiger partial charge in [-0.3, -0.25) is 4.21 Å². The third-order valence-electron chi connectivity index (χ3n) is 6.07. The van der Waals surface area contributed by atoms with Crippen molar-refractivity contribution in [3.8, 4) is 0 Å². The second kappa shape index (κ2) is 7.86. The van der Waals surface area contributed by atoms with Gasteiger partial charge in [0.15, 0.2) is 22.5 Å². The van der Waals surface area contributed by atoms with Crippen molar-refractivity contribution in [2.75, 3.05) is 35.7 Å². The molecule has 5 rings (SSSR count). The van der Waals surface area contributed by atoms with Crippen molar-refractivity contribution >= 4 is 39.6 Å². The molecular weight excluding hydrogens is 424 g/mol. The van der Waals surface area contributed by atoms with Crippen molar-refractivity contribution in [2.24, 2.45) is 0 Å². The number of halogens is 1. The van der Waals surface area contributed by atoms with Crippen LogP contribution in [0.3, 0.4) is 0 Å². The molecule has 2 N–H and O–H groups in total. The summed E-state index contributed by atoms with van der Waals surface area (Å²) in [6, 6.07) is 0. The highest BCUT2D eigenvalue weighted by atomic mass is 35.5. The first-order chi connectivity index (χ1) is 14.6. The van der Waals surface area contributed by atoms with E-state index in [-0.39, 0.29) is 12.1 Å². The lowest BCUT2D eigenvalue weighted by atomic mass is 9.77. The first-order valence-electron chi connectivity index (χ1n) is 10.2. The summed E-state index contributed by atoms with van der Waals surface area (Å²) in [5, 5.41) is 14.5. The van der Waals surface area contributed by atoms with Crippen LogP contribution < -0.4 is 10.2 Å². The van der Waals surface area contributed by atoms with Crippen LogP contribution in [0.25, 0.3) is 5.57 Å². The number of aromatic nitrogens is 4. The maximum Gasteiger partial charge on any atom is 0.172 e. The standard InChI is InChI=1S/C20H23ClN6O2S/c21-14-10-22-16(23-11-14)13-2-7-27(8-3-13)18-17(26-20(12-28)5-1-6-20)25-19-15(24-18)4-9-30(19)29/h2,10-11,28H,1,3-9,12H2,(H,25,26). The molecular formula is C20H23ClN6O2S. The number of nitrogens with one attached hydrogen (secondary N) is 1. The number of rotatable bonds is 5. The zero-order chi connectivity index (χ0) is 20.7. The summed E-state index contributed by atoms with van der Waals surface area (Å²) in [6.07, 6.45) is 9.64. The highest BCUT2D eigenvalue weighted by molar-refractivity contribution is 7.85. The van der Waals surface area contributed by atoms with Crippen molar-refractivity contribution in [2.45, 2.75) is 42.7 Å². The van der Waals surface area contributed by atoms with Crippen molar-refractivity contribution in [3.63, 3.8) is 0 Å². The van der Waals surface area contributed by atoms with Crippen molar-refractivity contribution in [1.29, 1.82) is 0 Å². The molecule has 2 aromatic heterocycles. The molecule has 1 unspecified atom stereocenters. The highest BCUT2D eigenvalue weighted by Crippen LogP contribution is 2.38. The maximum absolute atomic E-state index is 12.3. The lowest BCUT2D eigenvalue weighted by molar-refractivity contribution is 0.143. The molecule has 10 heteroatoms. The number of aryl methyl sites for hydroxylation is 1. The summed E-state index contributed by atoms with van der Waals surface area (Å²) in [6.45, 7) is 1.44. The minimum atomic E-state index is -1.10. The molecule has 0 amide bonds. The summed E-state index contributed by atoms with van der Waals surface area (Å²) in [7, 11) is -1.10. The third-order valence-corrected chi connectivity index (χ3v) is 7.59. The van der Waals surface area contributed by atoms with Crippen molar-refractivity contribution in [1.82, 2.24) is 19.9 Å². The van der Waals surface area contributed by atoms with Crippen LogP contribution in [0.5, 0.6) is 0 Å². The quantitative estimate of drug-likeness (QED) is 0.720. The van der Waals surface area contributed by atoms with Crippen LogP contribution in [0.2, 0.25) is 5.02 Å². The number of nitrogens with zero attached hydrogens (tertiary/aromatic N) is 5. The van der Waals surface area contributed by atoms with Crippen LogP contribution in [0.15, 0.2) is 23.5 Å².